The summed E-state index contributed by atoms with van der Waals surface area (Å²) >= 11 is 0. The zero-order valence-electron chi connectivity index (χ0n) is 16.4. The van der Waals surface area contributed by atoms with Crippen molar-refractivity contribution in [3.8, 4) is 0 Å². The summed E-state index contributed by atoms with van der Waals surface area (Å²) in [5, 5.41) is 6.19. The molecule has 1 heterocycles. The summed E-state index contributed by atoms with van der Waals surface area (Å²) in [4.78, 5) is 4.12. The maximum atomic E-state index is 5.95. The van der Waals surface area contributed by atoms with Crippen LogP contribution in [0, 0.1) is 0 Å². The topological polar surface area (TPSA) is 77.0 Å². The molecule has 29 heavy (non-hydrogen) atoms. The van der Waals surface area contributed by atoms with Crippen molar-refractivity contribution >= 4 is 22.4 Å². The first-order valence-electron chi connectivity index (χ1n) is 9.96. The van der Waals surface area contributed by atoms with Gasteiger partial charge in [-0.05, 0) is 52.6 Å². The number of rotatable bonds is 7. The van der Waals surface area contributed by atoms with Crippen molar-refractivity contribution in [3.63, 3.8) is 0 Å². The highest BCUT2D eigenvalue weighted by Gasteiger charge is 2.15. The molecule has 0 radical (unpaired) electrons. The van der Waals surface area contributed by atoms with Gasteiger partial charge in [-0.1, -0.05) is 72.8 Å². The molecule has 0 aliphatic carbocycles. The first-order valence-corrected chi connectivity index (χ1v) is 9.96. The lowest BCUT2D eigenvalue weighted by Crippen LogP contribution is -2.18. The Kier molecular flexibility index (Phi) is 5.73. The van der Waals surface area contributed by atoms with Gasteiger partial charge in [0.1, 0.15) is 11.6 Å². The van der Waals surface area contributed by atoms with E-state index in [1.807, 2.05) is 18.2 Å². The summed E-state index contributed by atoms with van der Waals surface area (Å²) in [5.41, 5.74) is 15.6. The van der Waals surface area contributed by atoms with Crippen molar-refractivity contribution in [1.29, 1.82) is 0 Å². The molecule has 4 nitrogen and oxygen atoms in total. The van der Waals surface area contributed by atoms with Gasteiger partial charge in [-0.2, -0.15) is 0 Å². The minimum atomic E-state index is 0.212. The fourth-order valence-corrected chi connectivity index (χ4v) is 3.93. The summed E-state index contributed by atoms with van der Waals surface area (Å²) in [6.45, 7) is 1.72. The zero-order valence-corrected chi connectivity index (χ0v) is 16.4. The van der Waals surface area contributed by atoms with Crippen LogP contribution in [0.1, 0.15) is 29.0 Å². The van der Waals surface area contributed by atoms with Crippen molar-refractivity contribution in [2.45, 2.75) is 18.9 Å². The standard InChI is InChI=1S/C25H26N4/c26-24-15-21(16-25(27)29-24)23(18-7-2-1-3-8-18)13-14-28-17-20-11-6-10-19-9-4-5-12-22(19)20/h1-12,15-16,23,28H,13-14,17H2,(H4,26,27,29). The smallest absolute Gasteiger partial charge is 0.126 e. The van der Waals surface area contributed by atoms with Gasteiger partial charge >= 0.3 is 0 Å². The third kappa shape index (κ3) is 4.55. The fraction of sp³-hybridized carbons (Fsp3) is 0.160. The molecule has 0 saturated carbocycles. The maximum Gasteiger partial charge on any atom is 0.126 e. The summed E-state index contributed by atoms with van der Waals surface area (Å²) in [6, 6.07) is 29.3. The SMILES string of the molecule is Nc1cc(C(CCNCc2cccc3ccccc23)c2ccccc2)cc(N)n1. The molecule has 4 aromatic rings. The number of benzene rings is 3. The van der Waals surface area contributed by atoms with Crippen LogP contribution in [0.3, 0.4) is 0 Å². The van der Waals surface area contributed by atoms with E-state index in [9.17, 15) is 0 Å². The molecule has 3 aromatic carbocycles. The van der Waals surface area contributed by atoms with Crippen LogP contribution in [-0.2, 0) is 6.54 Å². The van der Waals surface area contributed by atoms with Gasteiger partial charge in [-0.15, -0.1) is 0 Å². The Morgan fingerprint density at radius 2 is 1.45 bits per heavy atom. The van der Waals surface area contributed by atoms with Gasteiger partial charge in [0.2, 0.25) is 0 Å². The van der Waals surface area contributed by atoms with E-state index in [1.54, 1.807) is 0 Å². The second-order valence-electron chi connectivity index (χ2n) is 7.32. The number of hydrogen-bond acceptors (Lipinski definition) is 4. The normalized spacial score (nSPS) is 12.1. The van der Waals surface area contributed by atoms with E-state index in [2.05, 4.69) is 77.0 Å². The fourth-order valence-electron chi connectivity index (χ4n) is 3.93. The Morgan fingerprint density at radius 3 is 2.24 bits per heavy atom. The number of pyridine rings is 1. The van der Waals surface area contributed by atoms with Crippen LogP contribution in [0.25, 0.3) is 10.8 Å². The van der Waals surface area contributed by atoms with E-state index in [0.29, 0.717) is 11.6 Å². The van der Waals surface area contributed by atoms with Crippen LogP contribution in [0.4, 0.5) is 11.6 Å². The molecule has 0 saturated heterocycles. The molecule has 0 fully saturated rings. The van der Waals surface area contributed by atoms with Crippen molar-refractivity contribution in [2.24, 2.45) is 0 Å². The first-order chi connectivity index (χ1) is 14.2. The highest BCUT2D eigenvalue weighted by molar-refractivity contribution is 5.85. The van der Waals surface area contributed by atoms with Crippen molar-refractivity contribution in [3.05, 3.63) is 102 Å². The summed E-state index contributed by atoms with van der Waals surface area (Å²) in [5.74, 6) is 1.14. The van der Waals surface area contributed by atoms with Gasteiger partial charge in [-0.25, -0.2) is 4.98 Å². The van der Waals surface area contributed by atoms with Gasteiger partial charge in [0.15, 0.2) is 0 Å². The first kappa shape index (κ1) is 19.0. The number of anilines is 2. The molecule has 0 aliphatic heterocycles. The van der Waals surface area contributed by atoms with Crippen molar-refractivity contribution < 1.29 is 0 Å². The summed E-state index contributed by atoms with van der Waals surface area (Å²) in [6.07, 6.45) is 0.942. The predicted molar refractivity (Wildman–Crippen MR) is 122 cm³/mol. The molecule has 1 atom stereocenters. The lowest BCUT2D eigenvalue weighted by Gasteiger charge is -2.19. The molecule has 5 N–H and O–H groups in total. The Hall–Kier alpha value is -3.37. The minimum Gasteiger partial charge on any atom is -0.384 e. The molecular formula is C25H26N4. The van der Waals surface area contributed by atoms with Crippen LogP contribution < -0.4 is 16.8 Å². The van der Waals surface area contributed by atoms with E-state index < -0.39 is 0 Å². The lowest BCUT2D eigenvalue weighted by atomic mass is 9.89. The van der Waals surface area contributed by atoms with E-state index in [0.717, 1.165) is 25.1 Å². The van der Waals surface area contributed by atoms with E-state index in [1.165, 1.54) is 21.9 Å². The number of nitrogens with zero attached hydrogens (tertiary/aromatic N) is 1. The minimum absolute atomic E-state index is 0.212. The van der Waals surface area contributed by atoms with Crippen LogP contribution in [-0.4, -0.2) is 11.5 Å². The van der Waals surface area contributed by atoms with Gasteiger partial charge in [0, 0.05) is 12.5 Å². The number of aromatic nitrogens is 1. The Labute approximate surface area is 171 Å². The van der Waals surface area contributed by atoms with Gasteiger partial charge < -0.3 is 16.8 Å². The highest BCUT2D eigenvalue weighted by Crippen LogP contribution is 2.29. The average molecular weight is 383 g/mol. The quantitative estimate of drug-likeness (QED) is 0.405. The summed E-state index contributed by atoms with van der Waals surface area (Å²) < 4.78 is 0. The molecule has 0 spiro atoms. The van der Waals surface area contributed by atoms with Crippen LogP contribution in [0.2, 0.25) is 0 Å². The molecule has 1 aromatic heterocycles. The van der Waals surface area contributed by atoms with E-state index >= 15 is 0 Å². The molecular weight excluding hydrogens is 356 g/mol. The van der Waals surface area contributed by atoms with Crippen molar-refractivity contribution in [1.82, 2.24) is 10.3 Å². The van der Waals surface area contributed by atoms with Gasteiger partial charge in [0.25, 0.3) is 0 Å². The van der Waals surface area contributed by atoms with E-state index in [4.69, 9.17) is 11.5 Å². The number of nitrogens with two attached hydrogens (primary N) is 2. The third-order valence-corrected chi connectivity index (χ3v) is 5.30. The molecule has 4 rings (SSSR count). The Bertz CT molecular complexity index is 1070. The molecule has 4 heteroatoms. The molecule has 1 unspecified atom stereocenters. The molecule has 0 aliphatic rings. The molecule has 0 amide bonds. The number of nitrogen functional groups attached to an aromatic ring is 2. The van der Waals surface area contributed by atoms with Gasteiger partial charge in [0.05, 0.1) is 0 Å². The second-order valence-corrected chi connectivity index (χ2v) is 7.32. The lowest BCUT2D eigenvalue weighted by molar-refractivity contribution is 0.613. The number of nitrogens with one attached hydrogen (secondary N) is 1. The Morgan fingerprint density at radius 1 is 0.759 bits per heavy atom. The van der Waals surface area contributed by atoms with Crippen molar-refractivity contribution in [2.75, 3.05) is 18.0 Å². The monoisotopic (exact) mass is 382 g/mol. The van der Waals surface area contributed by atoms with Crippen LogP contribution in [0.5, 0.6) is 0 Å². The number of hydrogen-bond donors (Lipinski definition) is 3. The number of fused-ring (bicyclic) bond motifs is 1. The highest BCUT2D eigenvalue weighted by atomic mass is 14.9. The molecule has 0 bridgehead atoms. The largest absolute Gasteiger partial charge is 0.384 e. The zero-order chi connectivity index (χ0) is 20.1. The summed E-state index contributed by atoms with van der Waals surface area (Å²) in [7, 11) is 0. The third-order valence-electron chi connectivity index (χ3n) is 5.30. The average Bonchev–Trinajstić information content (AvgIpc) is 2.74. The second kappa shape index (κ2) is 8.76. The molecule has 146 valence electrons. The van der Waals surface area contributed by atoms with Gasteiger partial charge in [-0.3, -0.25) is 0 Å². The maximum absolute atomic E-state index is 5.95. The Balaban J connectivity index is 1.48. The predicted octanol–water partition coefficient (Wildman–Crippen LogP) is 4.71. The van der Waals surface area contributed by atoms with Crippen LogP contribution >= 0.6 is 0 Å². The van der Waals surface area contributed by atoms with E-state index in [-0.39, 0.29) is 5.92 Å². The van der Waals surface area contributed by atoms with Crippen LogP contribution in [0.15, 0.2) is 84.9 Å².